The van der Waals surface area contributed by atoms with Crippen molar-refractivity contribution >= 4 is 11.8 Å². The van der Waals surface area contributed by atoms with E-state index in [1.165, 1.54) is 0 Å². The maximum Gasteiger partial charge on any atom is 0.223 e. The van der Waals surface area contributed by atoms with Gasteiger partial charge in [0, 0.05) is 24.4 Å². The lowest BCUT2D eigenvalue weighted by molar-refractivity contribution is -0.127. The summed E-state index contributed by atoms with van der Waals surface area (Å²) in [5, 5.41) is 6.04. The van der Waals surface area contributed by atoms with E-state index in [1.54, 1.807) is 0 Å². The van der Waals surface area contributed by atoms with E-state index in [-0.39, 0.29) is 29.7 Å². The second-order valence-electron chi connectivity index (χ2n) is 6.65. The van der Waals surface area contributed by atoms with Crippen molar-refractivity contribution in [1.29, 1.82) is 0 Å². The summed E-state index contributed by atoms with van der Waals surface area (Å²) < 4.78 is 0. The number of unbranched alkanes of at least 4 members (excludes halogenated alkanes) is 2. The molecular weight excluding hydrogens is 288 g/mol. The third kappa shape index (κ3) is 9.62. The van der Waals surface area contributed by atoms with Gasteiger partial charge in [0.25, 0.3) is 0 Å². The molecule has 0 bridgehead atoms. The van der Waals surface area contributed by atoms with Crippen LogP contribution in [0.5, 0.6) is 0 Å². The number of rotatable bonds is 13. The van der Waals surface area contributed by atoms with Gasteiger partial charge < -0.3 is 10.6 Å². The predicted molar refractivity (Wildman–Crippen MR) is 97.2 cm³/mol. The Hall–Kier alpha value is -1.06. The molecule has 0 aromatic rings. The van der Waals surface area contributed by atoms with E-state index >= 15 is 0 Å². The molecule has 0 saturated heterocycles. The van der Waals surface area contributed by atoms with E-state index < -0.39 is 0 Å². The highest BCUT2D eigenvalue weighted by Crippen LogP contribution is 2.13. The van der Waals surface area contributed by atoms with E-state index in [2.05, 4.69) is 38.3 Å². The molecule has 4 nitrogen and oxygen atoms in total. The van der Waals surface area contributed by atoms with Gasteiger partial charge in [-0.25, -0.2) is 0 Å². The molecule has 0 spiro atoms. The number of nitrogens with one attached hydrogen (secondary N) is 2. The number of amides is 2. The van der Waals surface area contributed by atoms with Gasteiger partial charge in [0.1, 0.15) is 0 Å². The molecule has 4 heteroatoms. The van der Waals surface area contributed by atoms with Crippen molar-refractivity contribution in [3.63, 3.8) is 0 Å². The fraction of sp³-hybridized carbons (Fsp3) is 0.895. The SMILES string of the molecule is CCCC[C@H](CC)C(=O)NC[C@H](C)NC(=O)[C@H](CC)CCCC. The first kappa shape index (κ1) is 21.9. The van der Waals surface area contributed by atoms with Crippen molar-refractivity contribution in [2.45, 2.75) is 92.0 Å². The predicted octanol–water partition coefficient (Wildman–Crippen LogP) is 4.04. The Morgan fingerprint density at radius 2 is 1.30 bits per heavy atom. The quantitative estimate of drug-likeness (QED) is 0.536. The van der Waals surface area contributed by atoms with Crippen molar-refractivity contribution in [1.82, 2.24) is 10.6 Å². The molecule has 0 saturated carbocycles. The molecule has 136 valence electrons. The first-order valence-corrected chi connectivity index (χ1v) is 9.57. The fourth-order valence-electron chi connectivity index (χ4n) is 2.75. The highest BCUT2D eigenvalue weighted by molar-refractivity contribution is 5.80. The van der Waals surface area contributed by atoms with Gasteiger partial charge in [0.15, 0.2) is 0 Å². The molecular formula is C19H38N2O2. The van der Waals surface area contributed by atoms with Crippen molar-refractivity contribution in [2.24, 2.45) is 11.8 Å². The van der Waals surface area contributed by atoms with Crippen molar-refractivity contribution in [3.05, 3.63) is 0 Å². The Morgan fingerprint density at radius 1 is 0.826 bits per heavy atom. The average Bonchev–Trinajstić information content (AvgIpc) is 2.54. The van der Waals surface area contributed by atoms with Crippen LogP contribution in [0.1, 0.15) is 86.0 Å². The van der Waals surface area contributed by atoms with Crippen LogP contribution in [0.4, 0.5) is 0 Å². The number of carbonyl (C=O) groups excluding carboxylic acids is 2. The molecule has 2 N–H and O–H groups in total. The molecule has 0 aliphatic carbocycles. The molecule has 0 aliphatic rings. The molecule has 0 unspecified atom stereocenters. The van der Waals surface area contributed by atoms with E-state index in [9.17, 15) is 9.59 Å². The summed E-state index contributed by atoms with van der Waals surface area (Å²) in [6, 6.07) is -0.0224. The smallest absolute Gasteiger partial charge is 0.223 e. The molecule has 0 aliphatic heterocycles. The summed E-state index contributed by atoms with van der Waals surface area (Å²) >= 11 is 0. The molecule has 0 aromatic carbocycles. The van der Waals surface area contributed by atoms with E-state index in [0.29, 0.717) is 6.54 Å². The first-order chi connectivity index (χ1) is 11.0. The van der Waals surface area contributed by atoms with Gasteiger partial charge in [0.05, 0.1) is 0 Å². The van der Waals surface area contributed by atoms with Crippen LogP contribution in [-0.2, 0) is 9.59 Å². The average molecular weight is 327 g/mol. The van der Waals surface area contributed by atoms with Gasteiger partial charge in [0.2, 0.25) is 11.8 Å². The summed E-state index contributed by atoms with van der Waals surface area (Å²) in [5.41, 5.74) is 0. The van der Waals surface area contributed by atoms with Crippen molar-refractivity contribution in [3.8, 4) is 0 Å². The largest absolute Gasteiger partial charge is 0.354 e. The van der Waals surface area contributed by atoms with E-state index in [1.807, 2.05) is 6.92 Å². The number of carbonyl (C=O) groups is 2. The molecule has 0 fully saturated rings. The van der Waals surface area contributed by atoms with E-state index in [4.69, 9.17) is 0 Å². The maximum atomic E-state index is 12.2. The van der Waals surface area contributed by atoms with Crippen molar-refractivity contribution < 1.29 is 9.59 Å². The Bertz CT molecular complexity index is 331. The molecule has 2 amide bonds. The zero-order chi connectivity index (χ0) is 17.7. The van der Waals surface area contributed by atoms with Crippen molar-refractivity contribution in [2.75, 3.05) is 6.54 Å². The third-order valence-corrected chi connectivity index (χ3v) is 4.51. The zero-order valence-corrected chi connectivity index (χ0v) is 15.9. The summed E-state index contributed by atoms with van der Waals surface area (Å²) in [6.45, 7) is 10.9. The normalized spacial score (nSPS) is 14.8. The van der Waals surface area contributed by atoms with Gasteiger partial charge in [-0.05, 0) is 32.6 Å². The Balaban J connectivity index is 4.19. The molecule has 0 aromatic heterocycles. The van der Waals surface area contributed by atoms with Gasteiger partial charge >= 0.3 is 0 Å². The van der Waals surface area contributed by atoms with Crippen LogP contribution in [0.25, 0.3) is 0 Å². The number of hydrogen-bond acceptors (Lipinski definition) is 2. The minimum atomic E-state index is -0.0224. The van der Waals surface area contributed by atoms with Crippen LogP contribution in [0, 0.1) is 11.8 Å². The van der Waals surface area contributed by atoms with Gasteiger partial charge in [-0.15, -0.1) is 0 Å². The monoisotopic (exact) mass is 326 g/mol. The van der Waals surface area contributed by atoms with Crippen LogP contribution in [-0.4, -0.2) is 24.4 Å². The van der Waals surface area contributed by atoms with Gasteiger partial charge in [-0.2, -0.15) is 0 Å². The van der Waals surface area contributed by atoms with Crippen LogP contribution in [0.15, 0.2) is 0 Å². The van der Waals surface area contributed by atoms with Crippen LogP contribution >= 0.6 is 0 Å². The Kier molecular flexibility index (Phi) is 12.8. The molecule has 0 rings (SSSR count). The third-order valence-electron chi connectivity index (χ3n) is 4.51. The van der Waals surface area contributed by atoms with Gasteiger partial charge in [-0.3, -0.25) is 9.59 Å². The summed E-state index contributed by atoms with van der Waals surface area (Å²) in [6.07, 6.45) is 8.07. The Morgan fingerprint density at radius 3 is 1.74 bits per heavy atom. The second kappa shape index (κ2) is 13.4. The summed E-state index contributed by atoms with van der Waals surface area (Å²) in [5.74, 6) is 0.452. The lowest BCUT2D eigenvalue weighted by Crippen LogP contribution is -2.45. The number of hydrogen-bond donors (Lipinski definition) is 2. The van der Waals surface area contributed by atoms with E-state index in [0.717, 1.165) is 51.4 Å². The lowest BCUT2D eigenvalue weighted by atomic mass is 9.98. The minimum absolute atomic E-state index is 0.0224. The minimum Gasteiger partial charge on any atom is -0.354 e. The summed E-state index contributed by atoms with van der Waals surface area (Å²) in [4.78, 5) is 24.4. The molecule has 3 atom stereocenters. The highest BCUT2D eigenvalue weighted by atomic mass is 16.2. The molecule has 23 heavy (non-hydrogen) atoms. The second-order valence-corrected chi connectivity index (χ2v) is 6.65. The molecule has 0 radical (unpaired) electrons. The van der Waals surface area contributed by atoms with Crippen LogP contribution in [0.2, 0.25) is 0 Å². The lowest BCUT2D eigenvalue weighted by Gasteiger charge is -2.21. The van der Waals surface area contributed by atoms with Crippen LogP contribution < -0.4 is 10.6 Å². The standard InChI is InChI=1S/C19H38N2O2/c1-6-10-12-16(8-3)18(22)20-14-15(5)21-19(23)17(9-4)13-11-7-2/h15-17H,6-14H2,1-5H3,(H,20,22)(H,21,23)/t15-,16-,17+/m0/s1. The summed E-state index contributed by atoms with van der Waals surface area (Å²) in [7, 11) is 0. The van der Waals surface area contributed by atoms with Gasteiger partial charge in [-0.1, -0.05) is 53.4 Å². The Labute approximate surface area is 143 Å². The topological polar surface area (TPSA) is 58.2 Å². The molecule has 0 heterocycles. The maximum absolute atomic E-state index is 12.2. The first-order valence-electron chi connectivity index (χ1n) is 9.57. The zero-order valence-electron chi connectivity index (χ0n) is 15.9. The highest BCUT2D eigenvalue weighted by Gasteiger charge is 2.19. The van der Waals surface area contributed by atoms with Crippen LogP contribution in [0.3, 0.4) is 0 Å². The fourth-order valence-corrected chi connectivity index (χ4v) is 2.75.